The lowest BCUT2D eigenvalue weighted by atomic mass is 9.45. The van der Waals surface area contributed by atoms with Gasteiger partial charge in [-0.05, 0) is 100 Å². The largest absolute Gasteiger partial charge is 0.456 e. The fraction of sp³-hybridized carbons (Fsp3) is 0.880. The molecule has 0 amide bonds. The van der Waals surface area contributed by atoms with Gasteiger partial charge in [-0.2, -0.15) is 0 Å². The summed E-state index contributed by atoms with van der Waals surface area (Å²) in [4.78, 5) is 38.2. The monoisotopic (exact) mass is 414 g/mol. The van der Waals surface area contributed by atoms with Crippen molar-refractivity contribution in [1.82, 2.24) is 0 Å². The molecule has 30 heavy (non-hydrogen) atoms. The molecule has 0 aromatic carbocycles. The van der Waals surface area contributed by atoms with Crippen LogP contribution >= 0.6 is 0 Å². The molecular formula is C25H34O5. The van der Waals surface area contributed by atoms with Gasteiger partial charge >= 0.3 is 11.9 Å². The summed E-state index contributed by atoms with van der Waals surface area (Å²) in [5.74, 6) is 1.87. The molecule has 0 N–H and O–H groups in total. The van der Waals surface area contributed by atoms with Crippen LogP contribution in [0.2, 0.25) is 0 Å². The molecule has 8 bridgehead atoms. The highest BCUT2D eigenvalue weighted by atomic mass is 16.6. The zero-order valence-corrected chi connectivity index (χ0v) is 18.3. The van der Waals surface area contributed by atoms with Crippen LogP contribution in [0, 0.1) is 46.3 Å². The summed E-state index contributed by atoms with van der Waals surface area (Å²) in [5.41, 5.74) is -0.524. The van der Waals surface area contributed by atoms with E-state index in [4.69, 9.17) is 9.47 Å². The Kier molecular flexibility index (Phi) is 3.93. The first-order valence-corrected chi connectivity index (χ1v) is 12.1. The predicted molar refractivity (Wildman–Crippen MR) is 108 cm³/mol. The second-order valence-electron chi connectivity index (χ2n) is 12.4. The van der Waals surface area contributed by atoms with Crippen molar-refractivity contribution < 1.29 is 23.9 Å². The number of Topliss-reactive ketones (excluding diaryl/α,β-unsaturated/α-hetero) is 1. The van der Waals surface area contributed by atoms with E-state index in [2.05, 4.69) is 13.8 Å². The summed E-state index contributed by atoms with van der Waals surface area (Å²) in [7, 11) is 0. The number of ether oxygens (including phenoxy) is 2. The SMILES string of the molecule is CC12CC3CC(C1)C(C)(OC(=O)COC(=O)C14CC5CC(C1)C(=O)C(C5)C4)C(C3)C2. The second-order valence-corrected chi connectivity index (χ2v) is 12.4. The van der Waals surface area contributed by atoms with E-state index in [1.165, 1.54) is 6.42 Å². The number of hydrogen-bond donors (Lipinski definition) is 0. The van der Waals surface area contributed by atoms with Crippen LogP contribution in [0.3, 0.4) is 0 Å². The minimum Gasteiger partial charge on any atom is -0.456 e. The molecule has 0 heterocycles. The highest BCUT2D eigenvalue weighted by Gasteiger charge is 2.61. The van der Waals surface area contributed by atoms with Gasteiger partial charge in [0.05, 0.1) is 5.41 Å². The molecule has 0 aromatic heterocycles. The standard InChI is InChI=1S/C25H34O5/c1-23-7-15-5-18(11-23)24(2,19(6-15)12-23)30-20(26)13-29-22(28)25-8-14-3-16(9-25)21(27)17(4-14)10-25/h14-19H,3-13H2,1-2H3. The Morgan fingerprint density at radius 2 is 1.47 bits per heavy atom. The molecule has 0 saturated heterocycles. The van der Waals surface area contributed by atoms with E-state index >= 15 is 0 Å². The number of esters is 2. The molecule has 4 unspecified atom stereocenters. The summed E-state index contributed by atoms with van der Waals surface area (Å²) in [6.07, 6.45) is 9.88. The van der Waals surface area contributed by atoms with Gasteiger partial charge in [-0.1, -0.05) is 6.92 Å². The lowest BCUT2D eigenvalue weighted by Gasteiger charge is -2.62. The third kappa shape index (κ3) is 2.69. The average Bonchev–Trinajstić information content (AvgIpc) is 2.66. The Labute approximate surface area is 178 Å². The minimum absolute atomic E-state index is 0.0316. The van der Waals surface area contributed by atoms with Gasteiger partial charge < -0.3 is 9.47 Å². The number of carbonyl (C=O) groups excluding carboxylic acids is 3. The van der Waals surface area contributed by atoms with E-state index in [1.807, 2.05) is 0 Å². The van der Waals surface area contributed by atoms with Gasteiger partial charge in [-0.3, -0.25) is 9.59 Å². The number of hydrogen-bond acceptors (Lipinski definition) is 5. The highest BCUT2D eigenvalue weighted by molar-refractivity contribution is 5.90. The third-order valence-corrected chi connectivity index (χ3v) is 10.2. The van der Waals surface area contributed by atoms with Crippen molar-refractivity contribution in [2.45, 2.75) is 83.7 Å². The second kappa shape index (κ2) is 6.10. The van der Waals surface area contributed by atoms with E-state index < -0.39 is 17.0 Å². The minimum atomic E-state index is -0.536. The van der Waals surface area contributed by atoms with Crippen molar-refractivity contribution >= 4 is 17.7 Å². The zero-order valence-electron chi connectivity index (χ0n) is 18.3. The molecular weight excluding hydrogens is 380 g/mol. The zero-order chi connectivity index (χ0) is 20.9. The molecule has 0 aliphatic heterocycles. The van der Waals surface area contributed by atoms with E-state index in [0.29, 0.717) is 41.8 Å². The molecule has 4 atom stereocenters. The van der Waals surface area contributed by atoms with Crippen molar-refractivity contribution in [2.75, 3.05) is 6.61 Å². The van der Waals surface area contributed by atoms with Crippen LogP contribution in [0.4, 0.5) is 0 Å². The maximum atomic E-state index is 13.0. The molecule has 8 aliphatic carbocycles. The van der Waals surface area contributed by atoms with Crippen LogP contribution in [0.15, 0.2) is 0 Å². The first-order valence-electron chi connectivity index (χ1n) is 12.1. The molecule has 0 radical (unpaired) electrons. The molecule has 5 nitrogen and oxygen atoms in total. The van der Waals surface area contributed by atoms with Crippen molar-refractivity contribution in [3.63, 3.8) is 0 Å². The van der Waals surface area contributed by atoms with Crippen LogP contribution < -0.4 is 0 Å². The van der Waals surface area contributed by atoms with Crippen LogP contribution in [-0.2, 0) is 23.9 Å². The summed E-state index contributed by atoms with van der Waals surface area (Å²) >= 11 is 0. The maximum absolute atomic E-state index is 13.0. The first-order chi connectivity index (χ1) is 14.2. The Bertz CT molecular complexity index is 780. The smallest absolute Gasteiger partial charge is 0.344 e. The number of rotatable bonds is 4. The van der Waals surface area contributed by atoms with E-state index in [0.717, 1.165) is 50.9 Å². The Hall–Kier alpha value is -1.39. The lowest BCUT2D eigenvalue weighted by Crippen LogP contribution is -2.61. The van der Waals surface area contributed by atoms with E-state index in [-0.39, 0.29) is 24.4 Å². The van der Waals surface area contributed by atoms with Gasteiger partial charge in [-0.15, -0.1) is 0 Å². The van der Waals surface area contributed by atoms with Crippen molar-refractivity contribution in [3.8, 4) is 0 Å². The van der Waals surface area contributed by atoms with Crippen molar-refractivity contribution in [3.05, 3.63) is 0 Å². The van der Waals surface area contributed by atoms with Crippen LogP contribution in [-0.4, -0.2) is 29.9 Å². The first kappa shape index (κ1) is 19.3. The molecule has 0 spiro atoms. The average molecular weight is 415 g/mol. The van der Waals surface area contributed by atoms with Gasteiger partial charge in [-0.25, -0.2) is 4.79 Å². The van der Waals surface area contributed by atoms with Crippen LogP contribution in [0.1, 0.15) is 78.1 Å². The summed E-state index contributed by atoms with van der Waals surface area (Å²) in [6.45, 7) is 4.23. The molecule has 8 rings (SSSR count). The van der Waals surface area contributed by atoms with Gasteiger partial charge in [0.1, 0.15) is 11.4 Å². The fourth-order valence-corrected chi connectivity index (χ4v) is 9.29. The molecule has 164 valence electrons. The van der Waals surface area contributed by atoms with Crippen LogP contribution in [0.25, 0.3) is 0 Å². The van der Waals surface area contributed by atoms with E-state index in [9.17, 15) is 14.4 Å². The summed E-state index contributed by atoms with van der Waals surface area (Å²) < 4.78 is 11.6. The maximum Gasteiger partial charge on any atom is 0.344 e. The van der Waals surface area contributed by atoms with Crippen LogP contribution in [0.5, 0.6) is 0 Å². The number of ketones is 1. The lowest BCUT2D eigenvalue weighted by molar-refractivity contribution is -0.220. The molecule has 0 aromatic rings. The molecule has 8 aliphatic rings. The molecule has 8 saturated carbocycles. The van der Waals surface area contributed by atoms with Gasteiger partial charge in [0.25, 0.3) is 0 Å². The summed E-state index contributed by atoms with van der Waals surface area (Å²) in [5, 5.41) is 0. The van der Waals surface area contributed by atoms with Gasteiger partial charge in [0, 0.05) is 11.8 Å². The quantitative estimate of drug-likeness (QED) is 0.649. The highest BCUT2D eigenvalue weighted by Crippen LogP contribution is 2.64. The van der Waals surface area contributed by atoms with Crippen molar-refractivity contribution in [2.24, 2.45) is 46.3 Å². The summed E-state index contributed by atoms with van der Waals surface area (Å²) in [6, 6.07) is 0. The third-order valence-electron chi connectivity index (χ3n) is 10.2. The van der Waals surface area contributed by atoms with Crippen molar-refractivity contribution in [1.29, 1.82) is 0 Å². The normalized spacial score (nSPS) is 52.5. The fourth-order valence-electron chi connectivity index (χ4n) is 9.29. The Morgan fingerprint density at radius 1 is 0.867 bits per heavy atom. The van der Waals surface area contributed by atoms with Gasteiger partial charge in [0.2, 0.25) is 0 Å². The molecule has 8 fully saturated rings. The van der Waals surface area contributed by atoms with Gasteiger partial charge in [0.15, 0.2) is 6.61 Å². The Morgan fingerprint density at radius 3 is 2.07 bits per heavy atom. The predicted octanol–water partition coefficient (Wildman–Crippen LogP) is 4.07. The number of carbonyl (C=O) groups is 3. The molecule has 5 heteroatoms. The van der Waals surface area contributed by atoms with E-state index in [1.54, 1.807) is 0 Å². The topological polar surface area (TPSA) is 69.7 Å². The Balaban J connectivity index is 1.09.